The Morgan fingerprint density at radius 2 is 2.08 bits per heavy atom. The first-order chi connectivity index (χ1) is 12.8. The van der Waals surface area contributed by atoms with E-state index in [-0.39, 0.29) is 11.7 Å². The predicted molar refractivity (Wildman–Crippen MR) is 106 cm³/mol. The van der Waals surface area contributed by atoms with Gasteiger partial charge in [-0.2, -0.15) is 5.10 Å². The number of imidazole rings is 1. The molecule has 1 aromatic heterocycles. The van der Waals surface area contributed by atoms with Gasteiger partial charge in [0.1, 0.15) is 0 Å². The van der Waals surface area contributed by atoms with Gasteiger partial charge in [0.05, 0.1) is 23.0 Å². The third-order valence-corrected chi connectivity index (χ3v) is 5.11. The summed E-state index contributed by atoms with van der Waals surface area (Å²) in [6.07, 6.45) is 7.94. The molecule has 3 aromatic rings. The summed E-state index contributed by atoms with van der Waals surface area (Å²) in [4.78, 5) is 19.6. The largest absolute Gasteiger partial charge is 0.333 e. The number of rotatable bonds is 5. The van der Waals surface area contributed by atoms with Gasteiger partial charge in [-0.05, 0) is 41.7 Å². The number of aromatic amines is 1. The Morgan fingerprint density at radius 1 is 1.19 bits per heavy atom. The smallest absolute Gasteiger partial charge is 0.250 e. The molecule has 0 saturated heterocycles. The maximum Gasteiger partial charge on any atom is 0.250 e. The monoisotopic (exact) mass is 362 g/mol. The molecule has 1 aliphatic carbocycles. The van der Waals surface area contributed by atoms with Crippen molar-refractivity contribution in [3.63, 3.8) is 0 Å². The van der Waals surface area contributed by atoms with Gasteiger partial charge in [-0.25, -0.2) is 10.4 Å². The molecule has 0 bridgehead atoms. The van der Waals surface area contributed by atoms with Crippen molar-refractivity contribution in [2.24, 2.45) is 5.10 Å². The first kappa shape index (κ1) is 16.6. The molecule has 130 valence electrons. The van der Waals surface area contributed by atoms with Crippen molar-refractivity contribution in [2.45, 2.75) is 18.0 Å². The van der Waals surface area contributed by atoms with Crippen molar-refractivity contribution >= 4 is 34.9 Å². The fraction of sp³-hybridized carbons (Fsp3) is 0.150. The topological polar surface area (TPSA) is 70.1 Å². The SMILES string of the molecule is O=C(CSc1nc2ccccc2[nH]1)N/N=C/c1cccc2c1CC=CC2. The zero-order valence-corrected chi connectivity index (χ0v) is 14.9. The van der Waals surface area contributed by atoms with Gasteiger partial charge in [0.15, 0.2) is 5.16 Å². The normalized spacial score (nSPS) is 13.2. The zero-order valence-electron chi connectivity index (χ0n) is 14.1. The van der Waals surface area contributed by atoms with Crippen LogP contribution in [0.15, 0.2) is 64.9 Å². The number of aromatic nitrogens is 2. The molecule has 0 fully saturated rings. The van der Waals surface area contributed by atoms with Gasteiger partial charge in [0.25, 0.3) is 5.91 Å². The van der Waals surface area contributed by atoms with E-state index in [9.17, 15) is 4.79 Å². The second-order valence-electron chi connectivity index (χ2n) is 6.01. The van der Waals surface area contributed by atoms with Gasteiger partial charge in [-0.3, -0.25) is 4.79 Å². The molecule has 1 aliphatic rings. The molecular formula is C20H18N4OS. The van der Waals surface area contributed by atoms with Crippen molar-refractivity contribution in [3.05, 3.63) is 71.3 Å². The minimum atomic E-state index is -0.156. The van der Waals surface area contributed by atoms with E-state index >= 15 is 0 Å². The summed E-state index contributed by atoms with van der Waals surface area (Å²) in [5, 5.41) is 4.84. The predicted octanol–water partition coefficient (Wildman–Crippen LogP) is 3.46. The number of carbonyl (C=O) groups is 1. The quantitative estimate of drug-likeness (QED) is 0.316. The highest BCUT2D eigenvalue weighted by atomic mass is 32.2. The van der Waals surface area contributed by atoms with Crippen molar-refractivity contribution in [3.8, 4) is 0 Å². The number of H-pyrrole nitrogens is 1. The molecule has 0 spiro atoms. The molecule has 0 aliphatic heterocycles. The number of hydrogen-bond acceptors (Lipinski definition) is 4. The van der Waals surface area contributed by atoms with Crippen molar-refractivity contribution < 1.29 is 4.79 Å². The average Bonchev–Trinajstić information content (AvgIpc) is 3.10. The van der Waals surface area contributed by atoms with Crippen LogP contribution in [0.2, 0.25) is 0 Å². The summed E-state index contributed by atoms with van der Waals surface area (Å²) in [5.74, 6) is 0.101. The molecule has 0 saturated carbocycles. The second-order valence-corrected chi connectivity index (χ2v) is 6.97. The zero-order chi connectivity index (χ0) is 17.8. The number of amides is 1. The van der Waals surface area contributed by atoms with Gasteiger partial charge in [-0.15, -0.1) is 0 Å². The summed E-state index contributed by atoms with van der Waals surface area (Å²) >= 11 is 1.36. The summed E-state index contributed by atoms with van der Waals surface area (Å²) in [6.45, 7) is 0. The van der Waals surface area contributed by atoms with Crippen molar-refractivity contribution in [1.82, 2.24) is 15.4 Å². The summed E-state index contributed by atoms with van der Waals surface area (Å²) in [6, 6.07) is 14.0. The number of thioether (sulfide) groups is 1. The standard InChI is InChI=1S/C20H18N4OS/c25-19(13-26-20-22-17-10-3-4-11-18(17)23-20)24-21-12-15-8-5-7-14-6-1-2-9-16(14)15/h1-5,7-8,10-12H,6,9,13H2,(H,22,23)(H,24,25)/b21-12+. The maximum atomic E-state index is 12.0. The molecule has 2 aromatic carbocycles. The van der Waals surface area contributed by atoms with Gasteiger partial charge in [-0.1, -0.05) is 54.2 Å². The van der Waals surface area contributed by atoms with Crippen LogP contribution in [0, 0.1) is 0 Å². The molecule has 4 rings (SSSR count). The molecular weight excluding hydrogens is 344 g/mol. The second kappa shape index (κ2) is 7.58. The molecule has 26 heavy (non-hydrogen) atoms. The van der Waals surface area contributed by atoms with Crippen LogP contribution >= 0.6 is 11.8 Å². The first-order valence-electron chi connectivity index (χ1n) is 8.45. The molecule has 0 atom stereocenters. The minimum absolute atomic E-state index is 0.156. The highest BCUT2D eigenvalue weighted by Gasteiger charge is 2.09. The summed E-state index contributed by atoms with van der Waals surface area (Å²) in [7, 11) is 0. The highest BCUT2D eigenvalue weighted by Crippen LogP contribution is 2.20. The van der Waals surface area contributed by atoms with E-state index in [1.54, 1.807) is 6.21 Å². The van der Waals surface area contributed by atoms with Gasteiger partial charge in [0, 0.05) is 0 Å². The van der Waals surface area contributed by atoms with Crippen LogP contribution in [0.3, 0.4) is 0 Å². The Kier molecular flexibility index (Phi) is 4.84. The third kappa shape index (κ3) is 3.70. The Labute approximate surface area is 155 Å². The lowest BCUT2D eigenvalue weighted by Gasteiger charge is -2.13. The van der Waals surface area contributed by atoms with E-state index in [1.807, 2.05) is 36.4 Å². The fourth-order valence-corrected chi connectivity index (χ4v) is 3.64. The first-order valence-corrected chi connectivity index (χ1v) is 9.43. The van der Waals surface area contributed by atoms with E-state index in [4.69, 9.17) is 0 Å². The Hall–Kier alpha value is -2.86. The van der Waals surface area contributed by atoms with Crippen LogP contribution in [0.4, 0.5) is 0 Å². The summed E-state index contributed by atoms with van der Waals surface area (Å²) < 4.78 is 0. The van der Waals surface area contributed by atoms with Crippen LogP contribution in [0.1, 0.15) is 16.7 Å². The Balaban J connectivity index is 1.33. The highest BCUT2D eigenvalue weighted by molar-refractivity contribution is 7.99. The molecule has 0 unspecified atom stereocenters. The number of benzene rings is 2. The fourth-order valence-electron chi connectivity index (χ4n) is 2.96. The Morgan fingerprint density at radius 3 is 3.00 bits per heavy atom. The minimum Gasteiger partial charge on any atom is -0.333 e. The lowest BCUT2D eigenvalue weighted by Crippen LogP contribution is -2.19. The maximum absolute atomic E-state index is 12.0. The van der Waals surface area contributed by atoms with E-state index < -0.39 is 0 Å². The van der Waals surface area contributed by atoms with E-state index in [1.165, 1.54) is 22.9 Å². The summed E-state index contributed by atoms with van der Waals surface area (Å²) in [5.41, 5.74) is 8.12. The molecule has 1 amide bonds. The van der Waals surface area contributed by atoms with Crippen LogP contribution in [0.5, 0.6) is 0 Å². The van der Waals surface area contributed by atoms with E-state index in [0.717, 1.165) is 34.6 Å². The molecule has 5 nitrogen and oxygen atoms in total. The molecule has 6 heteroatoms. The number of allylic oxidation sites excluding steroid dienone is 2. The molecule has 2 N–H and O–H groups in total. The van der Waals surface area contributed by atoms with E-state index in [2.05, 4.69) is 38.7 Å². The number of hydrogen-bond donors (Lipinski definition) is 2. The van der Waals surface area contributed by atoms with Crippen LogP contribution in [-0.2, 0) is 17.6 Å². The number of fused-ring (bicyclic) bond motifs is 2. The van der Waals surface area contributed by atoms with Gasteiger partial charge >= 0.3 is 0 Å². The van der Waals surface area contributed by atoms with Gasteiger partial charge < -0.3 is 4.98 Å². The van der Waals surface area contributed by atoms with E-state index in [0.29, 0.717) is 0 Å². The van der Waals surface area contributed by atoms with Gasteiger partial charge in [0.2, 0.25) is 0 Å². The number of para-hydroxylation sites is 2. The van der Waals surface area contributed by atoms with Crippen molar-refractivity contribution in [2.75, 3.05) is 5.75 Å². The van der Waals surface area contributed by atoms with Crippen LogP contribution in [0.25, 0.3) is 11.0 Å². The van der Waals surface area contributed by atoms with Crippen LogP contribution in [-0.4, -0.2) is 27.8 Å². The number of nitrogens with one attached hydrogen (secondary N) is 2. The van der Waals surface area contributed by atoms with Crippen LogP contribution < -0.4 is 5.43 Å². The molecule has 0 radical (unpaired) electrons. The lowest BCUT2D eigenvalue weighted by molar-refractivity contribution is -0.118. The third-order valence-electron chi connectivity index (χ3n) is 4.24. The lowest BCUT2D eigenvalue weighted by atomic mass is 9.93. The average molecular weight is 362 g/mol. The Bertz CT molecular complexity index is 973. The number of carbonyl (C=O) groups excluding carboxylic acids is 1. The number of hydrazone groups is 1. The molecule has 1 heterocycles. The number of nitrogens with zero attached hydrogens (tertiary/aromatic N) is 2. The van der Waals surface area contributed by atoms with Crippen molar-refractivity contribution in [1.29, 1.82) is 0 Å².